The van der Waals surface area contributed by atoms with Crippen molar-refractivity contribution in [3.05, 3.63) is 85.1 Å². The summed E-state index contributed by atoms with van der Waals surface area (Å²) in [6.45, 7) is 6.70. The minimum Gasteiger partial charge on any atom is -0.756 e. The van der Waals surface area contributed by atoms with Gasteiger partial charge in [0.25, 0.3) is 7.82 Å². The smallest absolute Gasteiger partial charge is 0.306 e. The number of nitrogens with one attached hydrogen (secondary N) is 1. The predicted octanol–water partition coefficient (Wildman–Crippen LogP) is 21.1. The number of carbonyl (C=O) groups excluding carboxylic acids is 2. The summed E-state index contributed by atoms with van der Waals surface area (Å²) in [5, 5.41) is 3.02. The van der Waals surface area contributed by atoms with Crippen LogP contribution in [0.4, 0.5) is 0 Å². The van der Waals surface area contributed by atoms with Crippen molar-refractivity contribution in [1.82, 2.24) is 5.32 Å². The van der Waals surface area contributed by atoms with E-state index in [0.717, 1.165) is 89.9 Å². The third-order valence-electron chi connectivity index (χ3n) is 15.1. The summed E-state index contributed by atoms with van der Waals surface area (Å²) in [7, 11) is 1.16. The molecule has 0 aromatic rings. The fourth-order valence-electron chi connectivity index (χ4n) is 9.78. The highest BCUT2D eigenvalue weighted by Crippen LogP contribution is 2.38. The Labute approximate surface area is 507 Å². The normalized spacial score (nSPS) is 14.1. The average molecular weight is 1170 g/mol. The maximum atomic E-state index is 13.5. The zero-order valence-corrected chi connectivity index (χ0v) is 55.3. The Hall–Kier alpha value is -2.81. The van der Waals surface area contributed by atoms with Crippen LogP contribution in [0, 0.1) is 0 Å². The van der Waals surface area contributed by atoms with Crippen LogP contribution >= 0.6 is 7.82 Å². The van der Waals surface area contributed by atoms with E-state index in [2.05, 4.69) is 99.0 Å². The summed E-state index contributed by atoms with van der Waals surface area (Å²) in [6, 6.07) is -0.908. The maximum absolute atomic E-state index is 13.5. The van der Waals surface area contributed by atoms with Crippen LogP contribution in [0.2, 0.25) is 0 Å². The van der Waals surface area contributed by atoms with Gasteiger partial charge in [0.2, 0.25) is 5.91 Å². The van der Waals surface area contributed by atoms with E-state index < -0.39 is 26.6 Å². The molecule has 0 bridgehead atoms. The molecule has 0 fully saturated rings. The highest BCUT2D eigenvalue weighted by Gasteiger charge is 2.27. The molecule has 0 saturated heterocycles. The first kappa shape index (κ1) is 79.2. The molecule has 0 aromatic carbocycles. The summed E-state index contributed by atoms with van der Waals surface area (Å²) in [5.41, 5.74) is 0. The molecule has 0 saturated carbocycles. The van der Waals surface area contributed by atoms with Crippen molar-refractivity contribution in [3.8, 4) is 0 Å². The summed E-state index contributed by atoms with van der Waals surface area (Å²) in [5.74, 6) is -0.571. The minimum atomic E-state index is -4.71. The number of phosphoric ester groups is 1. The number of carbonyl (C=O) groups is 2. The molecule has 10 heteroatoms. The highest BCUT2D eigenvalue weighted by atomic mass is 31.2. The van der Waals surface area contributed by atoms with Crippen LogP contribution in [-0.2, 0) is 27.9 Å². The molecule has 476 valence electrons. The van der Waals surface area contributed by atoms with Gasteiger partial charge in [-0.05, 0) is 102 Å². The molecule has 0 aliphatic carbocycles. The summed E-state index contributed by atoms with van der Waals surface area (Å²) in [6.07, 6.45) is 81.4. The SMILES string of the molecule is CC/C=C/C/C=C/C/C=C/C/C=C/CCCCCC(=O)NC(COP(=O)([O-])OCC[N+](C)(C)C)C(/C=C\CCCCCCCCCCCCC)OC(=O)CCCCCCCCCCCCCCCCCCC/C=C\C/C=C\CCCCC. The number of ether oxygens (including phenoxy) is 1. The van der Waals surface area contributed by atoms with E-state index in [1.165, 1.54) is 180 Å². The van der Waals surface area contributed by atoms with Gasteiger partial charge in [0, 0.05) is 12.8 Å². The quantitative estimate of drug-likeness (QED) is 0.0212. The van der Waals surface area contributed by atoms with Crippen molar-refractivity contribution in [2.75, 3.05) is 40.9 Å². The molecule has 1 amide bonds. The number of rotatable bonds is 62. The van der Waals surface area contributed by atoms with E-state index in [0.29, 0.717) is 17.4 Å². The van der Waals surface area contributed by atoms with E-state index in [-0.39, 0.29) is 31.3 Å². The van der Waals surface area contributed by atoms with Gasteiger partial charge in [-0.3, -0.25) is 14.2 Å². The number of allylic oxidation sites excluding steroid dienone is 13. The Bertz CT molecular complexity index is 1680. The standard InChI is InChI=1S/C72H131N2O7P/c1-7-10-13-16-19-22-25-28-30-32-33-34-35-36-37-38-39-40-41-42-44-47-50-53-56-59-62-65-72(76)81-70(63-60-57-54-51-48-45-27-24-21-18-15-12-9-3)69(68-80-82(77,78)79-67-66-74(4,5)6)73-71(75)64-61-58-55-52-49-46-43-31-29-26-23-20-17-14-11-8-2/h11,14,19-20,22-23,28-31,46,49,60,63,69-70H,7-10,12-13,15-18,21,24-27,32-45,47-48,50-59,61-62,64-68H2,1-6H3,(H-,73,75,77,78)/b14-11+,22-19-,23-20+,30-28-,31-29+,49-46+,63-60-. The van der Waals surface area contributed by atoms with Gasteiger partial charge in [-0.1, -0.05) is 280 Å². The molecule has 3 atom stereocenters. The summed E-state index contributed by atoms with van der Waals surface area (Å²) in [4.78, 5) is 40.1. The lowest BCUT2D eigenvalue weighted by Crippen LogP contribution is -2.47. The van der Waals surface area contributed by atoms with E-state index >= 15 is 0 Å². The second-order valence-electron chi connectivity index (χ2n) is 24.3. The van der Waals surface area contributed by atoms with Crippen molar-refractivity contribution < 1.29 is 37.3 Å². The van der Waals surface area contributed by atoms with Crippen molar-refractivity contribution in [2.24, 2.45) is 0 Å². The number of quaternary nitrogens is 1. The fraction of sp³-hybridized carbons (Fsp3) is 0.778. The molecule has 0 heterocycles. The number of hydrogen-bond donors (Lipinski definition) is 1. The Kier molecular flexibility index (Phi) is 59.2. The van der Waals surface area contributed by atoms with Crippen molar-refractivity contribution >= 4 is 19.7 Å². The van der Waals surface area contributed by atoms with Crippen LogP contribution < -0.4 is 10.2 Å². The third kappa shape index (κ3) is 61.7. The van der Waals surface area contributed by atoms with Crippen LogP contribution in [-0.4, -0.2) is 69.4 Å². The van der Waals surface area contributed by atoms with Crippen LogP contribution in [0.5, 0.6) is 0 Å². The Morgan fingerprint density at radius 1 is 0.439 bits per heavy atom. The molecular formula is C72H131N2O7P. The monoisotopic (exact) mass is 1170 g/mol. The van der Waals surface area contributed by atoms with Crippen LogP contribution in [0.3, 0.4) is 0 Å². The van der Waals surface area contributed by atoms with Gasteiger partial charge >= 0.3 is 5.97 Å². The number of esters is 1. The summed E-state index contributed by atoms with van der Waals surface area (Å²) < 4.78 is 30.4. The number of likely N-dealkylation sites (N-methyl/N-ethyl adjacent to an activating group) is 1. The van der Waals surface area contributed by atoms with Gasteiger partial charge in [0.1, 0.15) is 19.3 Å². The molecule has 9 nitrogen and oxygen atoms in total. The van der Waals surface area contributed by atoms with E-state index in [1.54, 1.807) is 0 Å². The third-order valence-corrected chi connectivity index (χ3v) is 16.0. The lowest BCUT2D eigenvalue weighted by atomic mass is 10.0. The first-order valence-electron chi connectivity index (χ1n) is 34.4. The molecule has 1 N–H and O–H groups in total. The van der Waals surface area contributed by atoms with Crippen LogP contribution in [0.25, 0.3) is 0 Å². The first-order valence-corrected chi connectivity index (χ1v) is 35.9. The number of hydrogen-bond acceptors (Lipinski definition) is 7. The summed E-state index contributed by atoms with van der Waals surface area (Å²) >= 11 is 0. The molecule has 0 aliphatic rings. The van der Waals surface area contributed by atoms with Crippen molar-refractivity contribution in [3.63, 3.8) is 0 Å². The van der Waals surface area contributed by atoms with Gasteiger partial charge in [0.05, 0.1) is 33.8 Å². The van der Waals surface area contributed by atoms with Crippen molar-refractivity contribution in [1.29, 1.82) is 0 Å². The molecule has 82 heavy (non-hydrogen) atoms. The Morgan fingerprint density at radius 3 is 1.21 bits per heavy atom. The lowest BCUT2D eigenvalue weighted by Gasteiger charge is -2.30. The van der Waals surface area contributed by atoms with Crippen LogP contribution in [0.1, 0.15) is 310 Å². The number of nitrogens with zero attached hydrogens (tertiary/aromatic N) is 1. The van der Waals surface area contributed by atoms with Crippen LogP contribution in [0.15, 0.2) is 85.1 Å². The molecule has 0 aliphatic heterocycles. The second-order valence-corrected chi connectivity index (χ2v) is 25.7. The van der Waals surface area contributed by atoms with Crippen molar-refractivity contribution in [2.45, 2.75) is 322 Å². The van der Waals surface area contributed by atoms with Gasteiger partial charge in [-0.15, -0.1) is 0 Å². The Balaban J connectivity index is 5.08. The van der Waals surface area contributed by atoms with E-state index in [9.17, 15) is 19.0 Å². The molecule has 0 radical (unpaired) electrons. The minimum absolute atomic E-state index is 0.0307. The Morgan fingerprint density at radius 2 is 0.780 bits per heavy atom. The molecule has 0 rings (SSSR count). The number of unbranched alkanes of at least 4 members (excludes halogenated alkanes) is 34. The highest BCUT2D eigenvalue weighted by molar-refractivity contribution is 7.45. The van der Waals surface area contributed by atoms with Gasteiger partial charge in [-0.2, -0.15) is 0 Å². The second kappa shape index (κ2) is 61.3. The zero-order chi connectivity index (χ0) is 60.0. The van der Waals surface area contributed by atoms with Gasteiger partial charge in [-0.25, -0.2) is 0 Å². The van der Waals surface area contributed by atoms with E-state index in [4.69, 9.17) is 13.8 Å². The molecular weight excluding hydrogens is 1040 g/mol. The predicted molar refractivity (Wildman–Crippen MR) is 353 cm³/mol. The molecule has 0 aromatic heterocycles. The topological polar surface area (TPSA) is 114 Å². The fourth-order valence-corrected chi connectivity index (χ4v) is 10.5. The molecule has 0 spiro atoms. The maximum Gasteiger partial charge on any atom is 0.306 e. The number of amides is 1. The van der Waals surface area contributed by atoms with Gasteiger partial charge in [0.15, 0.2) is 0 Å². The zero-order valence-electron chi connectivity index (χ0n) is 54.4. The van der Waals surface area contributed by atoms with E-state index in [1.807, 2.05) is 33.3 Å². The lowest BCUT2D eigenvalue weighted by molar-refractivity contribution is -0.870. The van der Waals surface area contributed by atoms with Gasteiger partial charge < -0.3 is 28.5 Å². The average Bonchev–Trinajstić information content (AvgIpc) is 3.45. The number of phosphoric acid groups is 1. The first-order chi connectivity index (χ1) is 39.9. The molecule has 3 unspecified atom stereocenters. The largest absolute Gasteiger partial charge is 0.756 e.